The van der Waals surface area contributed by atoms with Crippen molar-refractivity contribution in [2.45, 2.75) is 17.9 Å². The zero-order valence-electron chi connectivity index (χ0n) is 13.1. The van der Waals surface area contributed by atoms with Crippen LogP contribution in [0.15, 0.2) is 53.4 Å². The zero-order valence-corrected chi connectivity index (χ0v) is 13.9. The molecule has 0 spiro atoms. The molecule has 0 bridgehead atoms. The average molecular weight is 366 g/mol. The van der Waals surface area contributed by atoms with E-state index in [1.54, 1.807) is 0 Å². The molecular formula is C16H15FN2O5S. The Labute approximate surface area is 143 Å². The fraction of sp³-hybridized carbons (Fsp3) is 0.125. The van der Waals surface area contributed by atoms with Gasteiger partial charge in [0, 0.05) is 5.69 Å². The number of sulfonamides is 1. The molecule has 1 amide bonds. The summed E-state index contributed by atoms with van der Waals surface area (Å²) in [5.41, 5.74) is 0.417. The van der Waals surface area contributed by atoms with E-state index in [1.807, 2.05) is 0 Å². The summed E-state index contributed by atoms with van der Waals surface area (Å²) in [7, 11) is -3.86. The Balaban J connectivity index is 1.99. The molecule has 0 aromatic heterocycles. The SMILES string of the molecule is C[C@H](OC(=O)c1ccc(S(N)(=O)=O)cc1)C(=O)Nc1ccc(F)cc1. The van der Waals surface area contributed by atoms with Crippen molar-refractivity contribution in [1.29, 1.82) is 0 Å². The van der Waals surface area contributed by atoms with Crippen molar-refractivity contribution < 1.29 is 27.1 Å². The molecule has 0 aliphatic carbocycles. The third-order valence-electron chi connectivity index (χ3n) is 3.18. The fourth-order valence-electron chi connectivity index (χ4n) is 1.84. The number of halogens is 1. The summed E-state index contributed by atoms with van der Waals surface area (Å²) in [5.74, 6) is -1.84. The lowest BCUT2D eigenvalue weighted by Crippen LogP contribution is -2.30. The Bertz CT molecular complexity index is 880. The highest BCUT2D eigenvalue weighted by atomic mass is 32.2. The number of amides is 1. The molecule has 0 aliphatic heterocycles. The molecule has 0 radical (unpaired) electrons. The van der Waals surface area contributed by atoms with Crippen LogP contribution in [-0.2, 0) is 19.6 Å². The third kappa shape index (κ3) is 5.10. The predicted molar refractivity (Wildman–Crippen MR) is 87.7 cm³/mol. The van der Waals surface area contributed by atoms with Gasteiger partial charge >= 0.3 is 5.97 Å². The maximum Gasteiger partial charge on any atom is 0.338 e. The topological polar surface area (TPSA) is 116 Å². The van der Waals surface area contributed by atoms with Crippen LogP contribution >= 0.6 is 0 Å². The van der Waals surface area contributed by atoms with Crippen molar-refractivity contribution in [3.63, 3.8) is 0 Å². The minimum Gasteiger partial charge on any atom is -0.449 e. The van der Waals surface area contributed by atoms with Crippen molar-refractivity contribution in [1.82, 2.24) is 0 Å². The molecule has 0 unspecified atom stereocenters. The summed E-state index contributed by atoms with van der Waals surface area (Å²) in [6.07, 6.45) is -1.12. The Morgan fingerprint density at radius 3 is 2.16 bits per heavy atom. The predicted octanol–water partition coefficient (Wildman–Crippen LogP) is 1.66. The van der Waals surface area contributed by atoms with Crippen molar-refractivity contribution >= 4 is 27.6 Å². The smallest absolute Gasteiger partial charge is 0.338 e. The van der Waals surface area contributed by atoms with E-state index in [9.17, 15) is 22.4 Å². The number of nitrogens with one attached hydrogen (secondary N) is 1. The molecule has 0 heterocycles. The summed E-state index contributed by atoms with van der Waals surface area (Å²) in [6.45, 7) is 1.37. The van der Waals surface area contributed by atoms with Gasteiger partial charge in [-0.3, -0.25) is 4.79 Å². The summed E-state index contributed by atoms with van der Waals surface area (Å²) >= 11 is 0. The Kier molecular flexibility index (Phi) is 5.50. The van der Waals surface area contributed by atoms with E-state index in [-0.39, 0.29) is 10.5 Å². The lowest BCUT2D eigenvalue weighted by atomic mass is 10.2. The van der Waals surface area contributed by atoms with Gasteiger partial charge in [-0.05, 0) is 55.5 Å². The average Bonchev–Trinajstić information content (AvgIpc) is 2.56. The van der Waals surface area contributed by atoms with E-state index in [1.165, 1.54) is 43.3 Å². The van der Waals surface area contributed by atoms with Gasteiger partial charge in [-0.1, -0.05) is 0 Å². The highest BCUT2D eigenvalue weighted by Gasteiger charge is 2.19. The largest absolute Gasteiger partial charge is 0.449 e. The van der Waals surface area contributed by atoms with E-state index in [0.717, 1.165) is 12.1 Å². The first kappa shape index (κ1) is 18.6. The second kappa shape index (κ2) is 7.41. The van der Waals surface area contributed by atoms with Crippen LogP contribution in [0.1, 0.15) is 17.3 Å². The maximum absolute atomic E-state index is 12.8. The number of rotatable bonds is 5. The van der Waals surface area contributed by atoms with Crippen LogP contribution < -0.4 is 10.5 Å². The molecule has 9 heteroatoms. The molecule has 7 nitrogen and oxygen atoms in total. The van der Waals surface area contributed by atoms with Crippen LogP contribution in [0.5, 0.6) is 0 Å². The number of anilines is 1. The molecule has 0 aliphatic rings. The van der Waals surface area contributed by atoms with Crippen molar-refractivity contribution in [2.75, 3.05) is 5.32 Å². The lowest BCUT2D eigenvalue weighted by molar-refractivity contribution is -0.123. The molecule has 0 saturated carbocycles. The minimum absolute atomic E-state index is 0.0637. The van der Waals surface area contributed by atoms with Crippen LogP contribution in [0.3, 0.4) is 0 Å². The van der Waals surface area contributed by atoms with Crippen molar-refractivity contribution in [3.05, 3.63) is 59.9 Å². The first-order chi connectivity index (χ1) is 11.7. The summed E-state index contributed by atoms with van der Waals surface area (Å²) in [6, 6.07) is 9.88. The highest BCUT2D eigenvalue weighted by molar-refractivity contribution is 7.89. The van der Waals surface area contributed by atoms with E-state index in [2.05, 4.69) is 5.32 Å². The maximum atomic E-state index is 12.8. The Hall–Kier alpha value is -2.78. The van der Waals surface area contributed by atoms with E-state index in [0.29, 0.717) is 5.69 Å². The molecule has 0 fully saturated rings. The van der Waals surface area contributed by atoms with Gasteiger partial charge in [-0.25, -0.2) is 22.7 Å². The highest BCUT2D eigenvalue weighted by Crippen LogP contribution is 2.12. The number of ether oxygens (including phenoxy) is 1. The van der Waals surface area contributed by atoms with Gasteiger partial charge in [0.25, 0.3) is 5.91 Å². The molecule has 2 aromatic carbocycles. The number of primary sulfonamides is 1. The third-order valence-corrected chi connectivity index (χ3v) is 4.11. The summed E-state index contributed by atoms with van der Waals surface area (Å²) in [4.78, 5) is 23.8. The minimum atomic E-state index is -3.86. The normalized spacial score (nSPS) is 12.3. The van der Waals surface area contributed by atoms with E-state index in [4.69, 9.17) is 9.88 Å². The summed E-state index contributed by atoms with van der Waals surface area (Å²) < 4.78 is 40.2. The van der Waals surface area contributed by atoms with Gasteiger partial charge in [0.1, 0.15) is 5.82 Å². The molecule has 3 N–H and O–H groups in total. The quantitative estimate of drug-likeness (QED) is 0.781. The number of carbonyl (C=O) groups excluding carboxylic acids is 2. The van der Waals surface area contributed by atoms with Crippen LogP contribution in [0.2, 0.25) is 0 Å². The number of nitrogens with two attached hydrogens (primary N) is 1. The van der Waals surface area contributed by atoms with Crippen LogP contribution in [0, 0.1) is 5.82 Å². The number of hydrogen-bond acceptors (Lipinski definition) is 5. The van der Waals surface area contributed by atoms with Crippen molar-refractivity contribution in [3.8, 4) is 0 Å². The molecule has 2 aromatic rings. The Morgan fingerprint density at radius 2 is 1.64 bits per heavy atom. The van der Waals surface area contributed by atoms with Crippen LogP contribution in [-0.4, -0.2) is 26.4 Å². The molecule has 2 rings (SSSR count). The van der Waals surface area contributed by atoms with Gasteiger partial charge in [0.05, 0.1) is 10.5 Å². The second-order valence-electron chi connectivity index (χ2n) is 5.11. The molecule has 0 saturated heterocycles. The van der Waals surface area contributed by atoms with Gasteiger partial charge in [0.15, 0.2) is 6.10 Å². The number of benzene rings is 2. The second-order valence-corrected chi connectivity index (χ2v) is 6.67. The number of carbonyl (C=O) groups is 2. The molecule has 1 atom stereocenters. The van der Waals surface area contributed by atoms with E-state index >= 15 is 0 Å². The van der Waals surface area contributed by atoms with Crippen LogP contribution in [0.25, 0.3) is 0 Å². The first-order valence-electron chi connectivity index (χ1n) is 7.07. The number of hydrogen-bond donors (Lipinski definition) is 2. The molecule has 25 heavy (non-hydrogen) atoms. The van der Waals surface area contributed by atoms with E-state index < -0.39 is 33.8 Å². The van der Waals surface area contributed by atoms with Gasteiger partial charge in [-0.15, -0.1) is 0 Å². The lowest BCUT2D eigenvalue weighted by Gasteiger charge is -2.13. The molecule has 132 valence electrons. The van der Waals surface area contributed by atoms with Crippen molar-refractivity contribution in [2.24, 2.45) is 5.14 Å². The first-order valence-corrected chi connectivity index (χ1v) is 8.62. The number of esters is 1. The standard InChI is InChI=1S/C16H15FN2O5S/c1-10(15(20)19-13-6-4-12(17)5-7-13)24-16(21)11-2-8-14(9-3-11)25(18,22)23/h2-10H,1H3,(H,19,20)(H2,18,22,23)/t10-/m0/s1. The summed E-state index contributed by atoms with van der Waals surface area (Å²) in [5, 5.41) is 7.44. The monoisotopic (exact) mass is 366 g/mol. The van der Waals surface area contributed by atoms with Gasteiger partial charge in [-0.2, -0.15) is 0 Å². The Morgan fingerprint density at radius 1 is 1.08 bits per heavy atom. The fourth-order valence-corrected chi connectivity index (χ4v) is 2.36. The molecular weight excluding hydrogens is 351 g/mol. The zero-order chi connectivity index (χ0) is 18.6. The van der Waals surface area contributed by atoms with Gasteiger partial charge in [0.2, 0.25) is 10.0 Å². The van der Waals surface area contributed by atoms with Gasteiger partial charge < -0.3 is 10.1 Å². The van der Waals surface area contributed by atoms with Crippen LogP contribution in [0.4, 0.5) is 10.1 Å².